The number of rotatable bonds is 9. The van der Waals surface area contributed by atoms with Crippen LogP contribution in [0.25, 0.3) is 16.6 Å². The topological polar surface area (TPSA) is 119 Å². The van der Waals surface area contributed by atoms with Crippen molar-refractivity contribution in [3.8, 4) is 17.2 Å². The molecule has 43 heavy (non-hydrogen) atoms. The number of nitrogens with zero attached hydrogens (tertiary/aromatic N) is 6. The first-order valence-corrected chi connectivity index (χ1v) is 14.0. The molecule has 4 heterocycles. The molecule has 1 saturated heterocycles. The highest BCUT2D eigenvalue weighted by atomic mass is 19.1. The molecule has 220 valence electrons. The van der Waals surface area contributed by atoms with Crippen LogP contribution in [0.5, 0.6) is 17.2 Å². The number of hydrogen-bond acceptors (Lipinski definition) is 9. The van der Waals surface area contributed by atoms with Gasteiger partial charge in [0.15, 0.2) is 11.5 Å². The summed E-state index contributed by atoms with van der Waals surface area (Å²) in [5, 5.41) is 10.7. The van der Waals surface area contributed by atoms with Crippen LogP contribution in [-0.2, 0) is 4.79 Å². The highest BCUT2D eigenvalue weighted by Gasteiger charge is 2.22. The lowest BCUT2D eigenvalue weighted by Gasteiger charge is -2.16. The quantitative estimate of drug-likeness (QED) is 0.208. The number of halogens is 1. The monoisotopic (exact) mass is 582 g/mol. The average Bonchev–Trinajstić information content (AvgIpc) is 3.63. The molecule has 0 spiro atoms. The highest BCUT2D eigenvalue weighted by molar-refractivity contribution is 6.05. The normalized spacial score (nSPS) is 15.6. The fourth-order valence-electron chi connectivity index (χ4n) is 5.09. The van der Waals surface area contributed by atoms with E-state index in [0.29, 0.717) is 51.9 Å². The summed E-state index contributed by atoms with van der Waals surface area (Å²) in [4.78, 5) is 27.9. The van der Waals surface area contributed by atoms with Crippen LogP contribution in [-0.4, -0.2) is 61.6 Å². The lowest BCUT2D eigenvalue weighted by Crippen LogP contribution is -2.24. The molecule has 12 heteroatoms. The van der Waals surface area contributed by atoms with Gasteiger partial charge >= 0.3 is 0 Å². The van der Waals surface area contributed by atoms with E-state index in [2.05, 4.69) is 30.7 Å². The minimum absolute atomic E-state index is 0.101. The molecule has 0 bridgehead atoms. The Hall–Kier alpha value is -5.10. The second kappa shape index (κ2) is 12.0. The van der Waals surface area contributed by atoms with Crippen LogP contribution >= 0.6 is 0 Å². The van der Waals surface area contributed by atoms with Gasteiger partial charge in [-0.05, 0) is 82.3 Å². The Kier molecular flexibility index (Phi) is 7.84. The second-order valence-corrected chi connectivity index (χ2v) is 10.3. The third-order valence-corrected chi connectivity index (χ3v) is 7.33. The van der Waals surface area contributed by atoms with Gasteiger partial charge in [-0.15, -0.1) is 0 Å². The maximum absolute atomic E-state index is 14.9. The molecule has 2 aromatic carbocycles. The molecule has 6 rings (SSSR count). The molecule has 1 amide bonds. The molecule has 2 N–H and O–H groups in total. The Balaban J connectivity index is 1.25. The fourth-order valence-corrected chi connectivity index (χ4v) is 5.09. The third kappa shape index (κ3) is 6.09. The van der Waals surface area contributed by atoms with E-state index < -0.39 is 11.7 Å². The van der Waals surface area contributed by atoms with Crippen molar-refractivity contribution in [2.75, 3.05) is 30.8 Å². The van der Waals surface area contributed by atoms with Crippen molar-refractivity contribution < 1.29 is 18.7 Å². The van der Waals surface area contributed by atoms with Gasteiger partial charge in [0, 0.05) is 35.4 Å². The van der Waals surface area contributed by atoms with Crippen LogP contribution in [0.15, 0.2) is 73.2 Å². The SMILES string of the molecule is CCOc1cc2ncnc(Nc3ccc(Oc4ccn5ncnc5c4)c(C)c3)c2cc1NC(=O)/C(F)=C/[C@H]1CCCN1C. The number of anilines is 3. The number of ether oxygens (including phenoxy) is 2. The van der Waals surface area contributed by atoms with Crippen LogP contribution in [0.4, 0.5) is 21.6 Å². The van der Waals surface area contributed by atoms with E-state index in [1.807, 2.05) is 56.1 Å². The number of aryl methyl sites for hydroxylation is 1. The standard InChI is InChI=1S/C31H31FN8O3/c1-4-42-28-16-25-23(15-26(28)38-31(41)24(32)13-21-6-5-10-39(21)3)30(35-17-33-25)37-20-7-8-27(19(2)12-20)43-22-9-11-40-29(14-22)34-18-36-40/h7-9,11-18,21H,4-6,10H2,1-3H3,(H,38,41)(H,33,35,37)/b24-13-/t21-/m1/s1. The van der Waals surface area contributed by atoms with Crippen LogP contribution in [0, 0.1) is 6.92 Å². The number of carbonyl (C=O) groups excluding carboxylic acids is 1. The van der Waals surface area contributed by atoms with Crippen molar-refractivity contribution >= 4 is 39.6 Å². The van der Waals surface area contributed by atoms with Gasteiger partial charge in [-0.25, -0.2) is 23.9 Å². The maximum Gasteiger partial charge on any atom is 0.284 e. The number of benzene rings is 2. The Morgan fingerprint density at radius 1 is 1.12 bits per heavy atom. The molecule has 1 aliphatic rings. The summed E-state index contributed by atoms with van der Waals surface area (Å²) >= 11 is 0. The predicted octanol–water partition coefficient (Wildman–Crippen LogP) is 5.80. The first-order chi connectivity index (χ1) is 20.9. The van der Waals surface area contributed by atoms with Gasteiger partial charge < -0.3 is 20.1 Å². The lowest BCUT2D eigenvalue weighted by atomic mass is 10.1. The second-order valence-electron chi connectivity index (χ2n) is 10.3. The number of aromatic nitrogens is 5. The zero-order valence-corrected chi connectivity index (χ0v) is 24.0. The van der Waals surface area contributed by atoms with E-state index in [4.69, 9.17) is 9.47 Å². The van der Waals surface area contributed by atoms with Gasteiger partial charge in [-0.2, -0.15) is 5.10 Å². The van der Waals surface area contributed by atoms with Crippen LogP contribution in [0.3, 0.4) is 0 Å². The van der Waals surface area contributed by atoms with Gasteiger partial charge in [0.1, 0.15) is 35.7 Å². The average molecular weight is 583 g/mol. The Morgan fingerprint density at radius 3 is 2.79 bits per heavy atom. The highest BCUT2D eigenvalue weighted by Crippen LogP contribution is 2.35. The van der Waals surface area contributed by atoms with E-state index in [1.54, 1.807) is 22.8 Å². The molecular weight excluding hydrogens is 551 g/mol. The molecule has 0 aliphatic carbocycles. The number of likely N-dealkylation sites (tertiary alicyclic amines) is 1. The smallest absolute Gasteiger partial charge is 0.284 e. The molecule has 0 unspecified atom stereocenters. The number of amides is 1. The van der Waals surface area contributed by atoms with Crippen LogP contribution < -0.4 is 20.1 Å². The van der Waals surface area contributed by atoms with Crippen molar-refractivity contribution in [3.63, 3.8) is 0 Å². The number of likely N-dealkylation sites (N-methyl/N-ethyl adjacent to an activating group) is 1. The molecule has 1 atom stereocenters. The molecule has 5 aromatic rings. The van der Waals surface area contributed by atoms with Crippen LogP contribution in [0.2, 0.25) is 0 Å². The summed E-state index contributed by atoms with van der Waals surface area (Å²) < 4.78 is 28.4. The first kappa shape index (κ1) is 28.0. The summed E-state index contributed by atoms with van der Waals surface area (Å²) in [6.07, 6.45) is 7.89. The van der Waals surface area contributed by atoms with Crippen molar-refractivity contribution in [1.29, 1.82) is 0 Å². The van der Waals surface area contributed by atoms with Gasteiger partial charge in [0.2, 0.25) is 0 Å². The molecule has 11 nitrogen and oxygen atoms in total. The summed E-state index contributed by atoms with van der Waals surface area (Å²) in [5.74, 6) is 0.571. The molecule has 1 fully saturated rings. The van der Waals surface area contributed by atoms with E-state index in [0.717, 1.165) is 30.6 Å². The maximum atomic E-state index is 14.9. The molecule has 0 radical (unpaired) electrons. The lowest BCUT2D eigenvalue weighted by molar-refractivity contribution is -0.114. The minimum Gasteiger partial charge on any atom is -0.492 e. The van der Waals surface area contributed by atoms with Crippen molar-refractivity contribution in [2.24, 2.45) is 0 Å². The Labute approximate surface area is 247 Å². The summed E-state index contributed by atoms with van der Waals surface area (Å²) in [7, 11) is 1.92. The van der Waals surface area contributed by atoms with E-state index in [9.17, 15) is 9.18 Å². The summed E-state index contributed by atoms with van der Waals surface area (Å²) in [6.45, 7) is 5.01. The Morgan fingerprint density at radius 2 is 2.00 bits per heavy atom. The number of hydrogen-bond donors (Lipinski definition) is 2. The third-order valence-electron chi connectivity index (χ3n) is 7.33. The van der Waals surface area contributed by atoms with Crippen molar-refractivity contribution in [1.82, 2.24) is 29.5 Å². The van der Waals surface area contributed by atoms with Crippen molar-refractivity contribution in [3.05, 3.63) is 78.8 Å². The molecule has 1 aliphatic heterocycles. The van der Waals surface area contributed by atoms with Crippen molar-refractivity contribution in [2.45, 2.75) is 32.7 Å². The predicted molar refractivity (Wildman–Crippen MR) is 162 cm³/mol. The number of nitrogens with one attached hydrogen (secondary N) is 2. The fraction of sp³-hybridized carbons (Fsp3) is 0.258. The van der Waals surface area contributed by atoms with E-state index in [-0.39, 0.29) is 6.04 Å². The van der Waals surface area contributed by atoms with Gasteiger partial charge in [-0.1, -0.05) is 0 Å². The summed E-state index contributed by atoms with van der Waals surface area (Å²) in [6, 6.07) is 12.6. The number of carbonyl (C=O) groups is 1. The number of fused-ring (bicyclic) bond motifs is 2. The van der Waals surface area contributed by atoms with Gasteiger partial charge in [0.25, 0.3) is 5.91 Å². The van der Waals surface area contributed by atoms with Gasteiger partial charge in [0.05, 0.1) is 17.8 Å². The van der Waals surface area contributed by atoms with Crippen LogP contribution in [0.1, 0.15) is 25.3 Å². The Bertz CT molecular complexity index is 1840. The van der Waals surface area contributed by atoms with E-state index in [1.165, 1.54) is 18.7 Å². The molecule has 0 saturated carbocycles. The number of pyridine rings is 1. The summed E-state index contributed by atoms with van der Waals surface area (Å²) in [5.41, 5.74) is 3.28. The van der Waals surface area contributed by atoms with E-state index >= 15 is 0 Å². The first-order valence-electron chi connectivity index (χ1n) is 14.0. The zero-order chi connectivity index (χ0) is 29.9. The largest absolute Gasteiger partial charge is 0.492 e. The zero-order valence-electron chi connectivity index (χ0n) is 24.0. The van der Waals surface area contributed by atoms with Gasteiger partial charge in [-0.3, -0.25) is 9.69 Å². The molecular formula is C31H31FN8O3. The minimum atomic E-state index is -0.832. The molecule has 3 aromatic heterocycles.